The SMILES string of the molecule is CC(C)n1cc(C(=O)N2CCC([C@@H](O)c3cccs3)CC2)cn1. The van der Waals surface area contributed by atoms with Gasteiger partial charge in [-0.2, -0.15) is 5.10 Å². The molecule has 0 saturated carbocycles. The Morgan fingerprint density at radius 3 is 2.70 bits per heavy atom. The first-order valence-corrected chi connectivity index (χ1v) is 8.99. The number of carbonyl (C=O) groups excluding carboxylic acids is 1. The van der Waals surface area contributed by atoms with Crippen LogP contribution in [0.5, 0.6) is 0 Å². The van der Waals surface area contributed by atoms with E-state index in [0.29, 0.717) is 18.7 Å². The number of hydrogen-bond donors (Lipinski definition) is 1. The monoisotopic (exact) mass is 333 g/mol. The zero-order valence-corrected chi connectivity index (χ0v) is 14.4. The molecule has 23 heavy (non-hydrogen) atoms. The van der Waals surface area contributed by atoms with Gasteiger partial charge in [-0.1, -0.05) is 6.07 Å². The second-order valence-corrected chi connectivity index (χ2v) is 7.37. The molecule has 2 aromatic heterocycles. The first-order valence-electron chi connectivity index (χ1n) is 8.11. The molecule has 0 radical (unpaired) electrons. The highest BCUT2D eigenvalue weighted by Crippen LogP contribution is 2.33. The van der Waals surface area contributed by atoms with Crippen molar-refractivity contribution in [2.75, 3.05) is 13.1 Å². The van der Waals surface area contributed by atoms with Gasteiger partial charge in [0.1, 0.15) is 0 Å². The normalized spacial score (nSPS) is 17.7. The highest BCUT2D eigenvalue weighted by molar-refractivity contribution is 7.10. The summed E-state index contributed by atoms with van der Waals surface area (Å²) in [5.41, 5.74) is 0.649. The van der Waals surface area contributed by atoms with Crippen molar-refractivity contribution < 1.29 is 9.90 Å². The van der Waals surface area contributed by atoms with Crippen molar-refractivity contribution in [3.63, 3.8) is 0 Å². The fraction of sp³-hybridized carbons (Fsp3) is 0.529. The van der Waals surface area contributed by atoms with Crippen LogP contribution in [-0.2, 0) is 0 Å². The lowest BCUT2D eigenvalue weighted by molar-refractivity contribution is 0.0474. The van der Waals surface area contributed by atoms with E-state index in [-0.39, 0.29) is 17.9 Å². The minimum absolute atomic E-state index is 0.0426. The topological polar surface area (TPSA) is 58.4 Å². The Morgan fingerprint density at radius 2 is 2.13 bits per heavy atom. The van der Waals surface area contributed by atoms with Crippen LogP contribution < -0.4 is 0 Å². The van der Waals surface area contributed by atoms with Gasteiger partial charge in [0.05, 0.1) is 17.9 Å². The lowest BCUT2D eigenvalue weighted by Crippen LogP contribution is -2.39. The molecular weight excluding hydrogens is 310 g/mol. The number of aromatic nitrogens is 2. The molecular formula is C17H23N3O2S. The predicted octanol–water partition coefficient (Wildman–Crippen LogP) is 3.11. The standard InChI is InChI=1S/C17H23N3O2S/c1-12(2)20-11-14(10-18-20)17(22)19-7-5-13(6-8-19)16(21)15-4-3-9-23-15/h3-4,9-13,16,21H,5-8H2,1-2H3/t16-/m1/s1. The number of likely N-dealkylation sites (tertiary alicyclic amines) is 1. The molecule has 1 amide bonds. The Kier molecular flexibility index (Phi) is 4.82. The van der Waals surface area contributed by atoms with Gasteiger partial charge >= 0.3 is 0 Å². The minimum atomic E-state index is -0.407. The van der Waals surface area contributed by atoms with Crippen molar-refractivity contribution in [3.8, 4) is 0 Å². The number of rotatable bonds is 4. The van der Waals surface area contributed by atoms with Gasteiger partial charge in [0, 0.05) is 30.2 Å². The number of hydrogen-bond acceptors (Lipinski definition) is 4. The van der Waals surface area contributed by atoms with Crippen LogP contribution in [0.1, 0.15) is 54.1 Å². The number of carbonyl (C=O) groups is 1. The van der Waals surface area contributed by atoms with Crippen LogP contribution in [0, 0.1) is 5.92 Å². The number of thiophene rings is 1. The van der Waals surface area contributed by atoms with Gasteiger partial charge in [-0.15, -0.1) is 11.3 Å². The number of piperidine rings is 1. The molecule has 0 aliphatic carbocycles. The van der Waals surface area contributed by atoms with E-state index >= 15 is 0 Å². The van der Waals surface area contributed by atoms with Crippen LogP contribution in [0.4, 0.5) is 0 Å². The Bertz CT molecular complexity index is 643. The molecule has 0 aromatic carbocycles. The van der Waals surface area contributed by atoms with E-state index in [1.165, 1.54) is 0 Å². The molecule has 1 N–H and O–H groups in total. The van der Waals surface area contributed by atoms with Crippen molar-refractivity contribution in [3.05, 3.63) is 40.3 Å². The molecule has 3 heterocycles. The lowest BCUT2D eigenvalue weighted by atomic mass is 9.90. The molecule has 0 spiro atoms. The summed E-state index contributed by atoms with van der Waals surface area (Å²) < 4.78 is 1.81. The molecule has 2 aromatic rings. The number of nitrogens with zero attached hydrogens (tertiary/aromatic N) is 3. The van der Waals surface area contributed by atoms with Crippen LogP contribution in [0.2, 0.25) is 0 Å². The van der Waals surface area contributed by atoms with Crippen LogP contribution >= 0.6 is 11.3 Å². The zero-order valence-electron chi connectivity index (χ0n) is 13.6. The summed E-state index contributed by atoms with van der Waals surface area (Å²) in [5, 5.41) is 16.7. The Labute approximate surface area is 140 Å². The average Bonchev–Trinajstić information content (AvgIpc) is 3.25. The third-order valence-corrected chi connectivity index (χ3v) is 5.43. The lowest BCUT2D eigenvalue weighted by Gasteiger charge is -2.33. The van der Waals surface area contributed by atoms with Crippen LogP contribution in [0.25, 0.3) is 0 Å². The van der Waals surface area contributed by atoms with Gasteiger partial charge < -0.3 is 10.0 Å². The first-order chi connectivity index (χ1) is 11.1. The third-order valence-electron chi connectivity index (χ3n) is 4.49. The summed E-state index contributed by atoms with van der Waals surface area (Å²) >= 11 is 1.59. The van der Waals surface area contributed by atoms with Crippen molar-refractivity contribution in [1.82, 2.24) is 14.7 Å². The summed E-state index contributed by atoms with van der Waals surface area (Å²) in [4.78, 5) is 15.4. The van der Waals surface area contributed by atoms with Gasteiger partial charge in [-0.3, -0.25) is 9.48 Å². The van der Waals surface area contributed by atoms with Crippen LogP contribution in [0.3, 0.4) is 0 Å². The number of aliphatic hydroxyl groups is 1. The Morgan fingerprint density at radius 1 is 1.39 bits per heavy atom. The molecule has 1 aliphatic heterocycles. The van der Waals surface area contributed by atoms with E-state index in [0.717, 1.165) is 17.7 Å². The summed E-state index contributed by atoms with van der Waals surface area (Å²) in [6.07, 6.45) is 4.73. The second kappa shape index (κ2) is 6.84. The van der Waals surface area contributed by atoms with Crippen LogP contribution in [-0.4, -0.2) is 38.8 Å². The van der Waals surface area contributed by atoms with E-state index in [9.17, 15) is 9.90 Å². The average molecular weight is 333 g/mol. The van der Waals surface area contributed by atoms with Crippen molar-refractivity contribution in [1.29, 1.82) is 0 Å². The Hall–Kier alpha value is -1.66. The van der Waals surface area contributed by atoms with E-state index in [4.69, 9.17) is 0 Å². The fourth-order valence-corrected chi connectivity index (χ4v) is 3.83. The molecule has 3 rings (SSSR count). The van der Waals surface area contributed by atoms with E-state index in [2.05, 4.69) is 5.10 Å². The summed E-state index contributed by atoms with van der Waals surface area (Å²) in [7, 11) is 0. The minimum Gasteiger partial charge on any atom is -0.387 e. The predicted molar refractivity (Wildman–Crippen MR) is 90.5 cm³/mol. The molecule has 124 valence electrons. The largest absolute Gasteiger partial charge is 0.387 e. The second-order valence-electron chi connectivity index (χ2n) is 6.39. The zero-order chi connectivity index (χ0) is 16.4. The van der Waals surface area contributed by atoms with Gasteiger partial charge in [0.25, 0.3) is 5.91 Å². The van der Waals surface area contributed by atoms with Gasteiger partial charge in [0.15, 0.2) is 0 Å². The fourth-order valence-electron chi connectivity index (χ4n) is 3.02. The maximum atomic E-state index is 12.6. The molecule has 1 aliphatic rings. The number of aliphatic hydroxyl groups excluding tert-OH is 1. The maximum Gasteiger partial charge on any atom is 0.257 e. The molecule has 6 heteroatoms. The first kappa shape index (κ1) is 16.2. The van der Waals surface area contributed by atoms with Crippen LogP contribution in [0.15, 0.2) is 29.9 Å². The molecule has 1 fully saturated rings. The molecule has 0 bridgehead atoms. The maximum absolute atomic E-state index is 12.6. The smallest absolute Gasteiger partial charge is 0.257 e. The molecule has 1 atom stereocenters. The van der Waals surface area contributed by atoms with Gasteiger partial charge in [-0.05, 0) is 44.1 Å². The van der Waals surface area contributed by atoms with Crippen molar-refractivity contribution in [2.45, 2.75) is 38.8 Å². The van der Waals surface area contributed by atoms with E-state index in [1.807, 2.05) is 42.5 Å². The van der Waals surface area contributed by atoms with E-state index < -0.39 is 6.10 Å². The van der Waals surface area contributed by atoms with Gasteiger partial charge in [-0.25, -0.2) is 0 Å². The molecule has 0 unspecified atom stereocenters. The summed E-state index contributed by atoms with van der Waals surface area (Å²) in [6, 6.07) is 4.20. The molecule has 1 saturated heterocycles. The molecule has 5 nitrogen and oxygen atoms in total. The van der Waals surface area contributed by atoms with E-state index in [1.54, 1.807) is 22.2 Å². The van der Waals surface area contributed by atoms with Crippen molar-refractivity contribution >= 4 is 17.2 Å². The Balaban J connectivity index is 1.58. The van der Waals surface area contributed by atoms with Crippen molar-refractivity contribution in [2.24, 2.45) is 5.92 Å². The number of amides is 1. The third kappa shape index (κ3) is 3.48. The quantitative estimate of drug-likeness (QED) is 0.935. The van der Waals surface area contributed by atoms with Gasteiger partial charge in [0.2, 0.25) is 0 Å². The highest BCUT2D eigenvalue weighted by atomic mass is 32.1. The highest BCUT2D eigenvalue weighted by Gasteiger charge is 2.29. The summed E-state index contributed by atoms with van der Waals surface area (Å²) in [6.45, 7) is 5.47. The summed E-state index contributed by atoms with van der Waals surface area (Å²) in [5.74, 6) is 0.275.